The van der Waals surface area contributed by atoms with Crippen molar-refractivity contribution in [3.8, 4) is 78.9 Å². The van der Waals surface area contributed by atoms with Crippen LogP contribution in [0, 0.1) is 0 Å². The van der Waals surface area contributed by atoms with Crippen molar-refractivity contribution in [3.05, 3.63) is 315 Å². The molecule has 18 aromatic rings. The fraction of sp³-hybridized carbons (Fsp3) is 0. The van der Waals surface area contributed by atoms with Crippen LogP contribution in [0.4, 0.5) is 0 Å². The standard InChI is InChI=1S/C82H52N6/c1-5-21-53(22-6-1)72-52-73(84-82(83-72)54-23-7-2-8-24-54)59-45-62(87-74-33-17-13-29-64(74)68-41-37-57(49-80(68)87)55-39-43-78-70(47-55)66-31-15-19-35-76(66)85(78)60-25-9-3-10-26-60)51-63(46-59)88-75-34-18-14-30-65(75)69-42-38-58(50-81(69)88)56-40-44-79-71(48-56)67-32-16-20-36-77(67)86(79)61-27-11-4-12-28-61/h1-52H. The predicted molar refractivity (Wildman–Crippen MR) is 367 cm³/mol. The van der Waals surface area contributed by atoms with Crippen LogP contribution < -0.4 is 0 Å². The molecule has 0 fully saturated rings. The van der Waals surface area contributed by atoms with Crippen LogP contribution in [-0.4, -0.2) is 28.2 Å². The third-order valence-electron chi connectivity index (χ3n) is 17.9. The van der Waals surface area contributed by atoms with Gasteiger partial charge >= 0.3 is 0 Å². The van der Waals surface area contributed by atoms with E-state index in [-0.39, 0.29) is 0 Å². The molecular formula is C82H52N6. The van der Waals surface area contributed by atoms with Crippen LogP contribution in [0.3, 0.4) is 0 Å². The zero-order valence-corrected chi connectivity index (χ0v) is 47.7. The summed E-state index contributed by atoms with van der Waals surface area (Å²) < 4.78 is 9.71. The molecule has 18 rings (SSSR count). The number of para-hydroxylation sites is 6. The lowest BCUT2D eigenvalue weighted by atomic mass is 10.0. The minimum Gasteiger partial charge on any atom is -0.309 e. The highest BCUT2D eigenvalue weighted by molar-refractivity contribution is 6.15. The molecular weight excluding hydrogens is 1070 g/mol. The Morgan fingerprint density at radius 3 is 0.932 bits per heavy atom. The van der Waals surface area contributed by atoms with Gasteiger partial charge in [0.2, 0.25) is 0 Å². The maximum absolute atomic E-state index is 5.50. The molecule has 0 radical (unpaired) electrons. The smallest absolute Gasteiger partial charge is 0.160 e. The van der Waals surface area contributed by atoms with Gasteiger partial charge in [-0.2, -0.15) is 0 Å². The molecule has 0 aliphatic rings. The Balaban J connectivity index is 0.878. The number of nitrogens with zero attached hydrogens (tertiary/aromatic N) is 6. The van der Waals surface area contributed by atoms with Gasteiger partial charge in [-0.05, 0) is 131 Å². The van der Waals surface area contributed by atoms with E-state index in [1.807, 2.05) is 6.07 Å². The van der Waals surface area contributed by atoms with Crippen LogP contribution in [-0.2, 0) is 0 Å². The van der Waals surface area contributed by atoms with Crippen molar-refractivity contribution in [1.29, 1.82) is 0 Å². The van der Waals surface area contributed by atoms with Crippen molar-refractivity contribution in [2.75, 3.05) is 0 Å². The Morgan fingerprint density at radius 1 is 0.170 bits per heavy atom. The first-order chi connectivity index (χ1) is 43.6. The highest BCUT2D eigenvalue weighted by Crippen LogP contribution is 2.43. The van der Waals surface area contributed by atoms with Gasteiger partial charge in [-0.25, -0.2) is 9.97 Å². The van der Waals surface area contributed by atoms with Crippen molar-refractivity contribution in [2.24, 2.45) is 0 Å². The Hall–Kier alpha value is -11.9. The minimum atomic E-state index is 0.666. The molecule has 88 heavy (non-hydrogen) atoms. The molecule has 0 saturated carbocycles. The molecule has 0 amide bonds. The molecule has 0 N–H and O–H groups in total. The molecule has 0 aliphatic carbocycles. The van der Waals surface area contributed by atoms with E-state index in [1.54, 1.807) is 0 Å². The SMILES string of the molecule is c1ccc(-c2cc(-c3cc(-n4c5ccccc5c5ccc(-c6ccc7c(c6)c6ccccc6n7-c6ccccc6)cc54)cc(-n4c5ccccc5c5ccc(-c6ccc7c(c6)c6ccccc6n7-c6ccccc6)cc54)c3)nc(-c3ccccc3)n2)cc1. The van der Waals surface area contributed by atoms with E-state index in [4.69, 9.17) is 9.97 Å². The summed E-state index contributed by atoms with van der Waals surface area (Å²) in [5.41, 5.74) is 22.7. The Morgan fingerprint density at radius 2 is 0.489 bits per heavy atom. The summed E-state index contributed by atoms with van der Waals surface area (Å²) >= 11 is 0. The molecule has 0 aliphatic heterocycles. The van der Waals surface area contributed by atoms with Gasteiger partial charge in [0, 0.05) is 82.5 Å². The topological polar surface area (TPSA) is 45.5 Å². The molecule has 13 aromatic carbocycles. The molecule has 5 heterocycles. The monoisotopic (exact) mass is 1120 g/mol. The van der Waals surface area contributed by atoms with Crippen LogP contribution in [0.15, 0.2) is 315 Å². The maximum atomic E-state index is 5.50. The van der Waals surface area contributed by atoms with E-state index in [9.17, 15) is 0 Å². The van der Waals surface area contributed by atoms with Crippen LogP contribution in [0.1, 0.15) is 0 Å². The number of hydrogen-bond acceptors (Lipinski definition) is 2. The van der Waals surface area contributed by atoms with Crippen molar-refractivity contribution < 1.29 is 0 Å². The number of benzene rings is 13. The van der Waals surface area contributed by atoms with E-state index in [0.717, 1.165) is 95.1 Å². The molecule has 6 nitrogen and oxygen atoms in total. The lowest BCUT2D eigenvalue weighted by Gasteiger charge is -2.17. The second kappa shape index (κ2) is 19.9. The van der Waals surface area contributed by atoms with Crippen molar-refractivity contribution >= 4 is 87.2 Å². The fourth-order valence-corrected chi connectivity index (χ4v) is 13.9. The van der Waals surface area contributed by atoms with Gasteiger partial charge in [0.25, 0.3) is 0 Å². The van der Waals surface area contributed by atoms with E-state index in [1.165, 1.54) is 65.2 Å². The zero-order chi connectivity index (χ0) is 57.8. The molecule has 6 heteroatoms. The van der Waals surface area contributed by atoms with Gasteiger partial charge in [-0.1, -0.05) is 206 Å². The molecule has 410 valence electrons. The summed E-state index contributed by atoms with van der Waals surface area (Å²) in [5, 5.41) is 9.61. The van der Waals surface area contributed by atoms with Gasteiger partial charge in [0.1, 0.15) is 0 Å². The quantitative estimate of drug-likeness (QED) is 0.145. The number of aromatic nitrogens is 6. The second-order valence-corrected chi connectivity index (χ2v) is 22.9. The van der Waals surface area contributed by atoms with Gasteiger partial charge in [0.05, 0.1) is 55.5 Å². The summed E-state index contributed by atoms with van der Waals surface area (Å²) in [5.74, 6) is 0.666. The molecule has 0 bridgehead atoms. The van der Waals surface area contributed by atoms with Gasteiger partial charge in [-0.3, -0.25) is 0 Å². The highest BCUT2D eigenvalue weighted by Gasteiger charge is 2.22. The summed E-state index contributed by atoms with van der Waals surface area (Å²) in [4.78, 5) is 10.8. The Labute approximate surface area is 507 Å². The lowest BCUT2D eigenvalue weighted by Crippen LogP contribution is -2.02. The average molecular weight is 1120 g/mol. The van der Waals surface area contributed by atoms with Crippen LogP contribution in [0.5, 0.6) is 0 Å². The summed E-state index contributed by atoms with van der Waals surface area (Å²) in [6.45, 7) is 0. The normalized spacial score (nSPS) is 11.9. The number of fused-ring (bicyclic) bond motifs is 12. The van der Waals surface area contributed by atoms with Crippen LogP contribution >= 0.6 is 0 Å². The van der Waals surface area contributed by atoms with Gasteiger partial charge < -0.3 is 18.3 Å². The minimum absolute atomic E-state index is 0.666. The van der Waals surface area contributed by atoms with Crippen LogP contribution in [0.25, 0.3) is 166 Å². The summed E-state index contributed by atoms with van der Waals surface area (Å²) in [6, 6.07) is 115. The van der Waals surface area contributed by atoms with E-state index in [2.05, 4.69) is 328 Å². The van der Waals surface area contributed by atoms with Crippen LogP contribution in [0.2, 0.25) is 0 Å². The largest absolute Gasteiger partial charge is 0.309 e. The fourth-order valence-electron chi connectivity index (χ4n) is 13.9. The third-order valence-corrected chi connectivity index (χ3v) is 17.9. The molecule has 0 atom stereocenters. The summed E-state index contributed by atoms with van der Waals surface area (Å²) in [6.07, 6.45) is 0. The van der Waals surface area contributed by atoms with Gasteiger partial charge in [-0.15, -0.1) is 0 Å². The first-order valence-electron chi connectivity index (χ1n) is 30.0. The van der Waals surface area contributed by atoms with Crippen molar-refractivity contribution in [2.45, 2.75) is 0 Å². The maximum Gasteiger partial charge on any atom is 0.160 e. The molecule has 0 spiro atoms. The summed E-state index contributed by atoms with van der Waals surface area (Å²) in [7, 11) is 0. The molecule has 5 aromatic heterocycles. The first-order valence-corrected chi connectivity index (χ1v) is 30.0. The Bertz CT molecular complexity index is 5440. The predicted octanol–water partition coefficient (Wildman–Crippen LogP) is 21.2. The molecule has 0 unspecified atom stereocenters. The third kappa shape index (κ3) is 7.89. The highest BCUT2D eigenvalue weighted by atomic mass is 15.0. The second-order valence-electron chi connectivity index (χ2n) is 22.9. The van der Waals surface area contributed by atoms with E-state index < -0.39 is 0 Å². The van der Waals surface area contributed by atoms with Crippen molar-refractivity contribution in [3.63, 3.8) is 0 Å². The first kappa shape index (κ1) is 49.6. The lowest BCUT2D eigenvalue weighted by molar-refractivity contribution is 1.13. The van der Waals surface area contributed by atoms with Crippen molar-refractivity contribution in [1.82, 2.24) is 28.2 Å². The zero-order valence-electron chi connectivity index (χ0n) is 47.7. The van der Waals surface area contributed by atoms with E-state index in [0.29, 0.717) is 5.82 Å². The molecule has 0 saturated heterocycles. The Kier molecular flexibility index (Phi) is 11.2. The average Bonchev–Trinajstić information content (AvgIpc) is 2.13. The van der Waals surface area contributed by atoms with Gasteiger partial charge in [0.15, 0.2) is 5.82 Å². The van der Waals surface area contributed by atoms with E-state index >= 15 is 0 Å². The number of rotatable bonds is 9. The number of hydrogen-bond donors (Lipinski definition) is 0.